The second-order valence-electron chi connectivity index (χ2n) is 2.93. The Labute approximate surface area is 101 Å². The molecule has 0 radical (unpaired) electrons. The van der Waals surface area contributed by atoms with Gasteiger partial charge in [-0.1, -0.05) is 11.3 Å². The average molecular weight is 255 g/mol. The molecule has 0 saturated carbocycles. The van der Waals surface area contributed by atoms with Crippen molar-refractivity contribution in [3.63, 3.8) is 0 Å². The Bertz CT molecular complexity index is 501. The SMILES string of the molecule is CN(C(=O)c1nnc(Cl)s1)c1ccncc1. The molecule has 2 rings (SSSR count). The number of nitrogens with zero attached hydrogens (tertiary/aromatic N) is 4. The van der Waals surface area contributed by atoms with E-state index >= 15 is 0 Å². The molecule has 5 nitrogen and oxygen atoms in total. The van der Waals surface area contributed by atoms with Crippen LogP contribution in [0.5, 0.6) is 0 Å². The molecule has 0 unspecified atom stereocenters. The first kappa shape index (κ1) is 11.0. The summed E-state index contributed by atoms with van der Waals surface area (Å²) < 4.78 is 0.256. The van der Waals surface area contributed by atoms with E-state index in [2.05, 4.69) is 15.2 Å². The summed E-state index contributed by atoms with van der Waals surface area (Å²) in [5, 5.41) is 7.55. The number of hydrogen-bond donors (Lipinski definition) is 0. The number of hydrogen-bond acceptors (Lipinski definition) is 5. The molecule has 2 aromatic rings. The Balaban J connectivity index is 2.23. The Morgan fingerprint density at radius 3 is 2.62 bits per heavy atom. The third-order valence-electron chi connectivity index (χ3n) is 1.94. The average Bonchev–Trinajstić information content (AvgIpc) is 2.75. The molecular formula is C9H7ClN4OS. The van der Waals surface area contributed by atoms with Crippen LogP contribution in [0, 0.1) is 0 Å². The standard InChI is InChI=1S/C9H7ClN4OS/c1-14(6-2-4-11-5-3-6)8(15)7-12-13-9(10)16-7/h2-5H,1H3. The Morgan fingerprint density at radius 2 is 2.06 bits per heavy atom. The summed E-state index contributed by atoms with van der Waals surface area (Å²) in [7, 11) is 1.66. The summed E-state index contributed by atoms with van der Waals surface area (Å²) in [5.74, 6) is -0.240. The number of halogens is 1. The van der Waals surface area contributed by atoms with E-state index in [0.29, 0.717) is 0 Å². The number of carbonyl (C=O) groups excluding carboxylic acids is 1. The number of anilines is 1. The highest BCUT2D eigenvalue weighted by Gasteiger charge is 2.17. The largest absolute Gasteiger partial charge is 0.309 e. The van der Waals surface area contributed by atoms with Crippen molar-refractivity contribution in [2.45, 2.75) is 0 Å². The van der Waals surface area contributed by atoms with Crippen molar-refractivity contribution >= 4 is 34.5 Å². The highest BCUT2D eigenvalue weighted by Crippen LogP contribution is 2.19. The molecule has 0 aliphatic carbocycles. The van der Waals surface area contributed by atoms with Crippen molar-refractivity contribution in [1.82, 2.24) is 15.2 Å². The maximum atomic E-state index is 11.9. The van der Waals surface area contributed by atoms with Gasteiger partial charge in [0.2, 0.25) is 9.47 Å². The smallest absolute Gasteiger partial charge is 0.289 e. The van der Waals surface area contributed by atoms with Gasteiger partial charge in [-0.25, -0.2) is 0 Å². The predicted octanol–water partition coefficient (Wildman–Crippen LogP) is 1.86. The molecule has 7 heteroatoms. The van der Waals surface area contributed by atoms with E-state index in [1.807, 2.05) is 0 Å². The van der Waals surface area contributed by atoms with E-state index in [4.69, 9.17) is 11.6 Å². The lowest BCUT2D eigenvalue weighted by atomic mass is 10.3. The van der Waals surface area contributed by atoms with E-state index in [0.717, 1.165) is 17.0 Å². The minimum absolute atomic E-state index is 0.240. The summed E-state index contributed by atoms with van der Waals surface area (Å²) in [5.41, 5.74) is 0.742. The molecule has 0 N–H and O–H groups in total. The quantitative estimate of drug-likeness (QED) is 0.821. The normalized spacial score (nSPS) is 10.1. The van der Waals surface area contributed by atoms with Crippen LogP contribution in [0.3, 0.4) is 0 Å². The molecule has 1 amide bonds. The molecule has 16 heavy (non-hydrogen) atoms. The second-order valence-corrected chi connectivity index (χ2v) is 4.49. The molecule has 0 aliphatic rings. The Hall–Kier alpha value is -1.53. The van der Waals surface area contributed by atoms with Crippen LogP contribution in [-0.2, 0) is 0 Å². The summed E-state index contributed by atoms with van der Waals surface area (Å²) in [6.07, 6.45) is 3.23. The van der Waals surface area contributed by atoms with Crippen molar-refractivity contribution < 1.29 is 4.79 Å². The van der Waals surface area contributed by atoms with Crippen molar-refractivity contribution in [3.8, 4) is 0 Å². The monoisotopic (exact) mass is 254 g/mol. The van der Waals surface area contributed by atoms with Crippen LogP contribution in [0.25, 0.3) is 0 Å². The highest BCUT2D eigenvalue weighted by molar-refractivity contribution is 7.17. The fourth-order valence-corrected chi connectivity index (χ4v) is 1.92. The lowest BCUT2D eigenvalue weighted by molar-refractivity contribution is 0.0992. The van der Waals surface area contributed by atoms with Crippen molar-refractivity contribution in [3.05, 3.63) is 34.0 Å². The van der Waals surface area contributed by atoms with E-state index in [1.165, 1.54) is 4.90 Å². The number of aromatic nitrogens is 3. The lowest BCUT2D eigenvalue weighted by Crippen LogP contribution is -2.26. The molecule has 2 heterocycles. The molecule has 0 bridgehead atoms. The first-order chi connectivity index (χ1) is 7.68. The summed E-state index contributed by atoms with van der Waals surface area (Å²) >= 11 is 6.67. The molecule has 0 aromatic carbocycles. The first-order valence-corrected chi connectivity index (χ1v) is 5.55. The molecule has 0 saturated heterocycles. The predicted molar refractivity (Wildman–Crippen MR) is 61.9 cm³/mol. The van der Waals surface area contributed by atoms with E-state index in [9.17, 15) is 4.79 Å². The summed E-state index contributed by atoms with van der Waals surface area (Å²) in [6.45, 7) is 0. The van der Waals surface area contributed by atoms with E-state index < -0.39 is 0 Å². The van der Waals surface area contributed by atoms with Crippen molar-refractivity contribution in [2.24, 2.45) is 0 Å². The minimum atomic E-state index is -0.240. The number of carbonyl (C=O) groups is 1. The van der Waals surface area contributed by atoms with Crippen molar-refractivity contribution in [2.75, 3.05) is 11.9 Å². The van der Waals surface area contributed by atoms with Gasteiger partial charge in [0.05, 0.1) is 0 Å². The third-order valence-corrected chi connectivity index (χ3v) is 2.94. The van der Waals surface area contributed by atoms with Crippen LogP contribution in [-0.4, -0.2) is 28.1 Å². The fourth-order valence-electron chi connectivity index (χ4n) is 1.12. The zero-order valence-corrected chi connectivity index (χ0v) is 9.87. The minimum Gasteiger partial charge on any atom is -0.309 e. The molecule has 0 aliphatic heterocycles. The molecule has 0 fully saturated rings. The van der Waals surface area contributed by atoms with Crippen LogP contribution >= 0.6 is 22.9 Å². The van der Waals surface area contributed by atoms with Crippen LogP contribution in [0.1, 0.15) is 9.80 Å². The Kier molecular flexibility index (Phi) is 3.12. The second kappa shape index (κ2) is 4.54. The van der Waals surface area contributed by atoms with Crippen LogP contribution in [0.2, 0.25) is 4.47 Å². The van der Waals surface area contributed by atoms with Gasteiger partial charge in [-0.15, -0.1) is 10.2 Å². The van der Waals surface area contributed by atoms with Gasteiger partial charge in [0.25, 0.3) is 5.91 Å². The molecule has 82 valence electrons. The molecule has 0 atom stereocenters. The van der Waals surface area contributed by atoms with E-state index in [-0.39, 0.29) is 15.4 Å². The van der Waals surface area contributed by atoms with E-state index in [1.54, 1.807) is 31.6 Å². The zero-order chi connectivity index (χ0) is 11.5. The third kappa shape index (κ3) is 2.17. The van der Waals surface area contributed by atoms with Gasteiger partial charge in [0.1, 0.15) is 0 Å². The molecular weight excluding hydrogens is 248 g/mol. The lowest BCUT2D eigenvalue weighted by Gasteiger charge is -2.14. The van der Waals surface area contributed by atoms with Crippen molar-refractivity contribution in [1.29, 1.82) is 0 Å². The number of rotatable bonds is 2. The van der Waals surface area contributed by atoms with Gasteiger partial charge in [0.15, 0.2) is 0 Å². The van der Waals surface area contributed by atoms with Gasteiger partial charge in [-0.2, -0.15) is 0 Å². The van der Waals surface area contributed by atoms with Gasteiger partial charge in [0, 0.05) is 25.1 Å². The number of amides is 1. The zero-order valence-electron chi connectivity index (χ0n) is 8.29. The first-order valence-electron chi connectivity index (χ1n) is 4.35. The van der Waals surface area contributed by atoms with Gasteiger partial charge < -0.3 is 4.90 Å². The maximum Gasteiger partial charge on any atom is 0.289 e. The highest BCUT2D eigenvalue weighted by atomic mass is 35.5. The maximum absolute atomic E-state index is 11.9. The number of pyridine rings is 1. The van der Waals surface area contributed by atoms with Gasteiger partial charge >= 0.3 is 0 Å². The summed E-state index contributed by atoms with van der Waals surface area (Å²) in [6, 6.07) is 3.47. The van der Waals surface area contributed by atoms with Gasteiger partial charge in [-0.05, 0) is 23.7 Å². The Morgan fingerprint density at radius 1 is 1.38 bits per heavy atom. The van der Waals surface area contributed by atoms with Crippen LogP contribution < -0.4 is 4.90 Å². The molecule has 2 aromatic heterocycles. The van der Waals surface area contributed by atoms with Crippen LogP contribution in [0.15, 0.2) is 24.5 Å². The topological polar surface area (TPSA) is 59.0 Å². The van der Waals surface area contributed by atoms with Crippen LogP contribution in [0.4, 0.5) is 5.69 Å². The molecule has 0 spiro atoms. The van der Waals surface area contributed by atoms with Gasteiger partial charge in [-0.3, -0.25) is 9.78 Å². The fraction of sp³-hybridized carbons (Fsp3) is 0.111. The summed E-state index contributed by atoms with van der Waals surface area (Å²) in [4.78, 5) is 17.3.